The van der Waals surface area contributed by atoms with Crippen molar-refractivity contribution in [3.05, 3.63) is 33.9 Å². The van der Waals surface area contributed by atoms with Crippen molar-refractivity contribution in [2.24, 2.45) is 0 Å². The Balaban J connectivity index is 3.53. The zero-order valence-electron chi connectivity index (χ0n) is 9.34. The van der Waals surface area contributed by atoms with Crippen LogP contribution >= 0.6 is 0 Å². The normalized spacial score (nSPS) is 10.1. The first-order valence-electron chi connectivity index (χ1n) is 4.71. The van der Waals surface area contributed by atoms with Gasteiger partial charge in [0.25, 0.3) is 5.78 Å². The van der Waals surface area contributed by atoms with Crippen LogP contribution in [0.4, 0.5) is 0 Å². The van der Waals surface area contributed by atoms with Crippen LogP contribution in [0.15, 0.2) is 6.07 Å². The molecule has 0 amide bonds. The van der Waals surface area contributed by atoms with Crippen LogP contribution in [0.5, 0.6) is 0 Å². The topological polar surface area (TPSA) is 54.4 Å². The summed E-state index contributed by atoms with van der Waals surface area (Å²) in [5.41, 5.74) is 3.74. The van der Waals surface area contributed by atoms with E-state index in [9.17, 15) is 9.59 Å². The molecule has 0 atom stereocenters. The number of hydrogen-bond acceptors (Lipinski definition) is 2. The zero-order chi connectivity index (χ0) is 11.7. The molecule has 0 aliphatic carbocycles. The molecule has 0 radical (unpaired) electrons. The van der Waals surface area contributed by atoms with Gasteiger partial charge in [0.2, 0.25) is 0 Å². The van der Waals surface area contributed by atoms with E-state index in [1.54, 1.807) is 13.8 Å². The Morgan fingerprint density at radius 2 is 1.40 bits per heavy atom. The highest BCUT2D eigenvalue weighted by Gasteiger charge is 2.21. The lowest BCUT2D eigenvalue weighted by atomic mass is 9.92. The van der Waals surface area contributed by atoms with Gasteiger partial charge in [-0.15, -0.1) is 0 Å². The van der Waals surface area contributed by atoms with Crippen LogP contribution in [0.25, 0.3) is 0 Å². The summed E-state index contributed by atoms with van der Waals surface area (Å²) in [6, 6.07) is 1.96. The van der Waals surface area contributed by atoms with Gasteiger partial charge in [-0.05, 0) is 49.9 Å². The van der Waals surface area contributed by atoms with Crippen LogP contribution in [0.3, 0.4) is 0 Å². The highest BCUT2D eigenvalue weighted by molar-refractivity contribution is 6.40. The first kappa shape index (κ1) is 11.4. The van der Waals surface area contributed by atoms with Gasteiger partial charge in [0, 0.05) is 5.56 Å². The number of carbonyl (C=O) groups excluding carboxylic acids is 1. The Labute approximate surface area is 88.7 Å². The van der Waals surface area contributed by atoms with Crippen LogP contribution in [0.2, 0.25) is 0 Å². The van der Waals surface area contributed by atoms with Crippen molar-refractivity contribution >= 4 is 11.8 Å². The molecule has 0 saturated heterocycles. The van der Waals surface area contributed by atoms with Gasteiger partial charge in [0.15, 0.2) is 0 Å². The molecular weight excluding hydrogens is 192 g/mol. The molecule has 3 nitrogen and oxygen atoms in total. The number of carboxylic acids is 1. The summed E-state index contributed by atoms with van der Waals surface area (Å²) in [7, 11) is 0. The molecule has 0 bridgehead atoms. The zero-order valence-corrected chi connectivity index (χ0v) is 9.34. The molecule has 0 aromatic heterocycles. The molecule has 3 heteroatoms. The van der Waals surface area contributed by atoms with Crippen molar-refractivity contribution in [2.45, 2.75) is 27.7 Å². The predicted octanol–water partition coefficient (Wildman–Crippen LogP) is 2.19. The summed E-state index contributed by atoms with van der Waals surface area (Å²) in [4.78, 5) is 22.2. The minimum atomic E-state index is -1.40. The second-order valence-electron chi connectivity index (χ2n) is 3.77. The van der Waals surface area contributed by atoms with E-state index in [1.807, 2.05) is 19.9 Å². The van der Waals surface area contributed by atoms with Gasteiger partial charge in [-0.3, -0.25) is 4.79 Å². The van der Waals surface area contributed by atoms with E-state index in [4.69, 9.17) is 5.11 Å². The number of aryl methyl sites for hydroxylation is 2. The number of carboxylic acid groups (broad SMARTS) is 1. The third-order valence-electron chi connectivity index (χ3n) is 2.79. The Morgan fingerprint density at radius 1 is 1.00 bits per heavy atom. The average Bonchev–Trinajstić information content (AvgIpc) is 2.15. The van der Waals surface area contributed by atoms with Crippen molar-refractivity contribution in [2.75, 3.05) is 0 Å². The molecule has 15 heavy (non-hydrogen) atoms. The number of aliphatic carboxylic acids is 1. The van der Waals surface area contributed by atoms with E-state index in [2.05, 4.69) is 0 Å². The number of carbonyl (C=O) groups is 2. The summed E-state index contributed by atoms with van der Waals surface area (Å²) in [5, 5.41) is 8.72. The summed E-state index contributed by atoms with van der Waals surface area (Å²) in [5.74, 6) is -2.22. The lowest BCUT2D eigenvalue weighted by Crippen LogP contribution is -2.17. The Morgan fingerprint density at radius 3 is 1.73 bits per heavy atom. The lowest BCUT2D eigenvalue weighted by Gasteiger charge is -2.12. The summed E-state index contributed by atoms with van der Waals surface area (Å²) >= 11 is 0. The van der Waals surface area contributed by atoms with Gasteiger partial charge < -0.3 is 5.11 Å². The lowest BCUT2D eigenvalue weighted by molar-refractivity contribution is -0.131. The average molecular weight is 206 g/mol. The number of rotatable bonds is 2. The fourth-order valence-electron chi connectivity index (χ4n) is 1.66. The van der Waals surface area contributed by atoms with Crippen molar-refractivity contribution < 1.29 is 14.7 Å². The van der Waals surface area contributed by atoms with E-state index >= 15 is 0 Å². The van der Waals surface area contributed by atoms with Crippen molar-refractivity contribution in [3.63, 3.8) is 0 Å². The number of Topliss-reactive ketones (excluding diaryl/α,β-unsaturated/α-hetero) is 1. The molecule has 80 valence electrons. The summed E-state index contributed by atoms with van der Waals surface area (Å²) in [6.07, 6.45) is 0. The smallest absolute Gasteiger partial charge is 0.377 e. The molecule has 1 N–H and O–H groups in total. The third-order valence-corrected chi connectivity index (χ3v) is 2.79. The van der Waals surface area contributed by atoms with Gasteiger partial charge in [-0.25, -0.2) is 4.79 Å². The van der Waals surface area contributed by atoms with Crippen LogP contribution < -0.4 is 0 Å². The molecule has 0 aliphatic heterocycles. The van der Waals surface area contributed by atoms with Gasteiger partial charge in [-0.1, -0.05) is 6.07 Å². The standard InChI is InChI=1S/C12H14O3/c1-6-5-7(2)9(4)10(8(6)3)11(13)12(14)15/h5H,1-4H3,(H,14,15). The fourth-order valence-corrected chi connectivity index (χ4v) is 1.66. The third kappa shape index (κ3) is 1.91. The molecule has 0 unspecified atom stereocenters. The second-order valence-corrected chi connectivity index (χ2v) is 3.77. The highest BCUT2D eigenvalue weighted by Crippen LogP contribution is 2.21. The minimum absolute atomic E-state index is 0.333. The summed E-state index contributed by atoms with van der Waals surface area (Å²) in [6.45, 7) is 7.30. The SMILES string of the molecule is Cc1cc(C)c(C)c(C(=O)C(=O)O)c1C. The molecule has 0 aliphatic rings. The molecule has 0 heterocycles. The fraction of sp³-hybridized carbons (Fsp3) is 0.333. The molecular formula is C12H14O3. The van der Waals surface area contributed by atoms with Gasteiger partial charge >= 0.3 is 5.97 Å². The van der Waals surface area contributed by atoms with E-state index < -0.39 is 11.8 Å². The van der Waals surface area contributed by atoms with E-state index in [0.717, 1.165) is 22.3 Å². The van der Waals surface area contributed by atoms with Crippen molar-refractivity contribution in [1.29, 1.82) is 0 Å². The van der Waals surface area contributed by atoms with Gasteiger partial charge in [-0.2, -0.15) is 0 Å². The second kappa shape index (κ2) is 3.85. The molecule has 0 fully saturated rings. The van der Waals surface area contributed by atoms with Crippen LogP contribution in [0.1, 0.15) is 32.6 Å². The highest BCUT2D eigenvalue weighted by atomic mass is 16.4. The van der Waals surface area contributed by atoms with E-state index in [-0.39, 0.29) is 0 Å². The molecule has 0 saturated carbocycles. The van der Waals surface area contributed by atoms with Crippen molar-refractivity contribution in [3.8, 4) is 0 Å². The van der Waals surface area contributed by atoms with Gasteiger partial charge in [0.05, 0.1) is 0 Å². The maximum absolute atomic E-state index is 11.5. The van der Waals surface area contributed by atoms with Crippen molar-refractivity contribution in [1.82, 2.24) is 0 Å². The quantitative estimate of drug-likeness (QED) is 0.596. The van der Waals surface area contributed by atoms with Crippen LogP contribution in [-0.2, 0) is 4.79 Å². The molecule has 1 aromatic rings. The Hall–Kier alpha value is -1.64. The first-order valence-corrected chi connectivity index (χ1v) is 4.71. The molecule has 1 aromatic carbocycles. The Kier molecular flexibility index (Phi) is 2.93. The number of hydrogen-bond donors (Lipinski definition) is 1. The Bertz CT molecular complexity index is 418. The van der Waals surface area contributed by atoms with Gasteiger partial charge in [0.1, 0.15) is 0 Å². The predicted molar refractivity (Wildman–Crippen MR) is 57.4 cm³/mol. The monoisotopic (exact) mass is 206 g/mol. The van der Waals surface area contributed by atoms with Crippen LogP contribution in [-0.4, -0.2) is 16.9 Å². The first-order chi connectivity index (χ1) is 6.86. The van der Waals surface area contributed by atoms with E-state index in [0.29, 0.717) is 5.56 Å². The van der Waals surface area contributed by atoms with E-state index in [1.165, 1.54) is 0 Å². The maximum Gasteiger partial charge on any atom is 0.377 e. The molecule has 0 spiro atoms. The number of ketones is 1. The summed E-state index contributed by atoms with van der Waals surface area (Å²) < 4.78 is 0. The molecule has 1 rings (SSSR count). The minimum Gasteiger partial charge on any atom is -0.475 e. The van der Waals surface area contributed by atoms with Crippen LogP contribution in [0, 0.1) is 27.7 Å². The largest absolute Gasteiger partial charge is 0.475 e. The number of benzene rings is 1. The maximum atomic E-state index is 11.5.